The van der Waals surface area contributed by atoms with Gasteiger partial charge in [0, 0.05) is 28.8 Å². The molecule has 0 aliphatic rings. The summed E-state index contributed by atoms with van der Waals surface area (Å²) >= 11 is 0. The van der Waals surface area contributed by atoms with Gasteiger partial charge in [0.2, 0.25) is 0 Å². The van der Waals surface area contributed by atoms with E-state index in [1.165, 1.54) is 0 Å². The highest BCUT2D eigenvalue weighted by molar-refractivity contribution is 5.65. The van der Waals surface area contributed by atoms with Gasteiger partial charge in [-0.3, -0.25) is 0 Å². The van der Waals surface area contributed by atoms with Crippen LogP contribution in [-0.4, -0.2) is 19.7 Å². The van der Waals surface area contributed by atoms with E-state index in [1.807, 2.05) is 86.6 Å². The van der Waals surface area contributed by atoms with Crippen LogP contribution in [0.2, 0.25) is 0 Å². The zero-order valence-electron chi connectivity index (χ0n) is 15.2. The molecule has 0 spiro atoms. The predicted molar refractivity (Wildman–Crippen MR) is 108 cm³/mol. The third-order valence-corrected chi connectivity index (χ3v) is 3.96. The van der Waals surface area contributed by atoms with E-state index in [9.17, 15) is 0 Å². The molecule has 134 valence electrons. The Hall–Kier alpha value is -3.67. The Morgan fingerprint density at radius 1 is 0.704 bits per heavy atom. The number of hydrogen-bond acceptors (Lipinski definition) is 5. The number of nitrogens with zero attached hydrogens (tertiary/aromatic N) is 4. The van der Waals surface area contributed by atoms with Gasteiger partial charge in [0.25, 0.3) is 5.95 Å². The van der Waals surface area contributed by atoms with Crippen LogP contribution >= 0.6 is 0 Å². The van der Waals surface area contributed by atoms with Crippen molar-refractivity contribution in [3.8, 4) is 5.95 Å². The molecule has 6 nitrogen and oxygen atoms in total. The van der Waals surface area contributed by atoms with Crippen LogP contribution in [0.5, 0.6) is 0 Å². The Balaban J connectivity index is 1.74. The third-order valence-electron chi connectivity index (χ3n) is 3.96. The summed E-state index contributed by atoms with van der Waals surface area (Å²) in [4.78, 5) is 9.10. The average Bonchev–Trinajstić information content (AvgIpc) is 3.05. The van der Waals surface area contributed by atoms with Gasteiger partial charge in [-0.15, -0.1) is 5.10 Å². The summed E-state index contributed by atoms with van der Waals surface area (Å²) in [5.41, 5.74) is 3.73. The average molecular weight is 356 g/mol. The van der Waals surface area contributed by atoms with Crippen molar-refractivity contribution in [2.45, 2.75) is 13.8 Å². The Kier molecular flexibility index (Phi) is 4.53. The summed E-state index contributed by atoms with van der Waals surface area (Å²) in [6, 6.07) is 23.8. The molecule has 0 fully saturated rings. The lowest BCUT2D eigenvalue weighted by Gasteiger charge is -2.09. The molecule has 0 saturated carbocycles. The van der Waals surface area contributed by atoms with Crippen molar-refractivity contribution >= 4 is 23.0 Å². The first-order valence-electron chi connectivity index (χ1n) is 8.74. The number of benzene rings is 2. The van der Waals surface area contributed by atoms with Crippen LogP contribution in [0.4, 0.5) is 23.0 Å². The molecule has 2 heterocycles. The maximum Gasteiger partial charge on any atom is 0.252 e. The lowest BCUT2D eigenvalue weighted by molar-refractivity contribution is 0.803. The van der Waals surface area contributed by atoms with Gasteiger partial charge in [-0.05, 0) is 44.2 Å². The van der Waals surface area contributed by atoms with Crippen LogP contribution < -0.4 is 10.6 Å². The Labute approximate surface area is 157 Å². The molecule has 0 radical (unpaired) electrons. The van der Waals surface area contributed by atoms with E-state index in [-0.39, 0.29) is 0 Å². The van der Waals surface area contributed by atoms with Gasteiger partial charge in [-0.2, -0.15) is 4.68 Å². The molecule has 0 bridgehead atoms. The van der Waals surface area contributed by atoms with Crippen LogP contribution in [0.15, 0.2) is 72.8 Å². The van der Waals surface area contributed by atoms with Crippen LogP contribution in [0.3, 0.4) is 0 Å². The lowest BCUT2D eigenvalue weighted by atomic mass is 10.3. The second-order valence-corrected chi connectivity index (χ2v) is 6.26. The van der Waals surface area contributed by atoms with E-state index < -0.39 is 0 Å². The summed E-state index contributed by atoms with van der Waals surface area (Å²) in [5.74, 6) is 2.03. The first-order valence-corrected chi connectivity index (χ1v) is 8.74. The molecule has 2 N–H and O–H groups in total. The molecular weight excluding hydrogens is 336 g/mol. The predicted octanol–water partition coefficient (Wildman–Crippen LogP) is 4.77. The van der Waals surface area contributed by atoms with E-state index in [0.717, 1.165) is 28.6 Å². The quantitative estimate of drug-likeness (QED) is 0.539. The Morgan fingerprint density at radius 3 is 1.85 bits per heavy atom. The van der Waals surface area contributed by atoms with Gasteiger partial charge in [0.1, 0.15) is 5.82 Å². The summed E-state index contributed by atoms with van der Waals surface area (Å²) < 4.78 is 1.72. The molecule has 27 heavy (non-hydrogen) atoms. The first-order chi connectivity index (χ1) is 13.2. The number of aromatic nitrogens is 4. The van der Waals surface area contributed by atoms with Gasteiger partial charge in [-0.25, -0.2) is 9.97 Å². The summed E-state index contributed by atoms with van der Waals surface area (Å²) in [6.07, 6.45) is 0. The SMILES string of the molecule is Cc1cc(C)nc(-n2nc(Nc3ccccc3)cc2Nc2ccccc2)n1. The zero-order valence-corrected chi connectivity index (χ0v) is 15.2. The van der Waals surface area contributed by atoms with E-state index in [0.29, 0.717) is 11.8 Å². The normalized spacial score (nSPS) is 10.6. The van der Waals surface area contributed by atoms with Crippen LogP contribution in [-0.2, 0) is 0 Å². The van der Waals surface area contributed by atoms with Crippen molar-refractivity contribution in [2.75, 3.05) is 10.6 Å². The molecule has 0 amide bonds. The minimum Gasteiger partial charge on any atom is -0.340 e. The third kappa shape index (κ3) is 3.95. The fourth-order valence-electron chi connectivity index (χ4n) is 2.82. The molecule has 0 unspecified atom stereocenters. The monoisotopic (exact) mass is 356 g/mol. The van der Waals surface area contributed by atoms with Crippen molar-refractivity contribution in [1.29, 1.82) is 0 Å². The number of nitrogens with one attached hydrogen (secondary N) is 2. The second kappa shape index (κ2) is 7.29. The number of anilines is 4. The van der Waals surface area contributed by atoms with Gasteiger partial charge in [-0.1, -0.05) is 36.4 Å². The maximum absolute atomic E-state index is 4.67. The van der Waals surface area contributed by atoms with Gasteiger partial charge >= 0.3 is 0 Å². The highest BCUT2D eigenvalue weighted by Crippen LogP contribution is 2.24. The molecule has 0 atom stereocenters. The molecule has 2 aromatic heterocycles. The number of aryl methyl sites for hydroxylation is 2. The van der Waals surface area contributed by atoms with Crippen molar-refractivity contribution in [1.82, 2.24) is 19.7 Å². The van der Waals surface area contributed by atoms with Crippen molar-refractivity contribution in [3.63, 3.8) is 0 Å². The lowest BCUT2D eigenvalue weighted by Crippen LogP contribution is -2.08. The summed E-state index contributed by atoms with van der Waals surface area (Å²) in [5, 5.41) is 11.4. The van der Waals surface area contributed by atoms with E-state index >= 15 is 0 Å². The Morgan fingerprint density at radius 2 is 1.26 bits per heavy atom. The largest absolute Gasteiger partial charge is 0.340 e. The van der Waals surface area contributed by atoms with Crippen LogP contribution in [0, 0.1) is 13.8 Å². The summed E-state index contributed by atoms with van der Waals surface area (Å²) in [7, 11) is 0. The van der Waals surface area contributed by atoms with Crippen LogP contribution in [0.1, 0.15) is 11.4 Å². The van der Waals surface area contributed by atoms with Gasteiger partial charge in [0.15, 0.2) is 5.82 Å². The number of para-hydroxylation sites is 2. The molecule has 4 rings (SSSR count). The van der Waals surface area contributed by atoms with Crippen molar-refractivity contribution < 1.29 is 0 Å². The van der Waals surface area contributed by atoms with Gasteiger partial charge in [0.05, 0.1) is 0 Å². The Bertz CT molecular complexity index is 1020. The molecule has 0 aliphatic carbocycles. The molecule has 4 aromatic rings. The van der Waals surface area contributed by atoms with Crippen molar-refractivity contribution in [3.05, 3.63) is 84.2 Å². The number of rotatable bonds is 5. The fourth-order valence-corrected chi connectivity index (χ4v) is 2.82. The topological polar surface area (TPSA) is 67.7 Å². The van der Waals surface area contributed by atoms with Crippen molar-refractivity contribution in [2.24, 2.45) is 0 Å². The number of hydrogen-bond donors (Lipinski definition) is 2. The molecular formula is C21H20N6. The minimum atomic E-state index is 0.534. The van der Waals surface area contributed by atoms with E-state index in [1.54, 1.807) is 4.68 Å². The maximum atomic E-state index is 4.67. The smallest absolute Gasteiger partial charge is 0.252 e. The zero-order chi connectivity index (χ0) is 18.6. The first kappa shape index (κ1) is 16.8. The van der Waals surface area contributed by atoms with E-state index in [2.05, 4.69) is 25.7 Å². The second-order valence-electron chi connectivity index (χ2n) is 6.26. The van der Waals surface area contributed by atoms with Gasteiger partial charge < -0.3 is 10.6 Å². The highest BCUT2D eigenvalue weighted by atomic mass is 15.4. The standard InChI is InChI=1S/C21H20N6/c1-15-13-16(2)23-21(22-15)27-20(25-18-11-7-4-8-12-18)14-19(26-27)24-17-9-5-3-6-10-17/h3-14,25H,1-2H3,(H,24,26). The van der Waals surface area contributed by atoms with Crippen LogP contribution in [0.25, 0.3) is 5.95 Å². The summed E-state index contributed by atoms with van der Waals surface area (Å²) in [6.45, 7) is 3.91. The van der Waals surface area contributed by atoms with E-state index in [4.69, 9.17) is 0 Å². The highest BCUT2D eigenvalue weighted by Gasteiger charge is 2.13. The minimum absolute atomic E-state index is 0.534. The molecule has 6 heteroatoms. The molecule has 0 saturated heterocycles. The molecule has 2 aromatic carbocycles. The fraction of sp³-hybridized carbons (Fsp3) is 0.0952. The molecule has 0 aliphatic heterocycles.